The van der Waals surface area contributed by atoms with E-state index >= 15 is 0 Å². The first-order valence-electron chi connectivity index (χ1n) is 9.23. The molecule has 6 nitrogen and oxygen atoms in total. The molecule has 0 saturated carbocycles. The van der Waals surface area contributed by atoms with E-state index in [0.717, 1.165) is 49.9 Å². The highest BCUT2D eigenvalue weighted by Crippen LogP contribution is 2.32. The van der Waals surface area contributed by atoms with Gasteiger partial charge in [0.25, 0.3) is 0 Å². The first-order valence-corrected chi connectivity index (χ1v) is 9.23. The van der Waals surface area contributed by atoms with Crippen molar-refractivity contribution in [2.45, 2.75) is 12.6 Å². The first-order chi connectivity index (χ1) is 13.2. The van der Waals surface area contributed by atoms with Gasteiger partial charge in [0.1, 0.15) is 5.75 Å². The van der Waals surface area contributed by atoms with Gasteiger partial charge in [0, 0.05) is 32.2 Å². The third kappa shape index (κ3) is 5.13. The van der Waals surface area contributed by atoms with E-state index in [-0.39, 0.29) is 6.04 Å². The Kier molecular flexibility index (Phi) is 6.92. The molecule has 6 heteroatoms. The number of methoxy groups -OCH3 is 2. The first kappa shape index (κ1) is 19.5. The van der Waals surface area contributed by atoms with E-state index in [1.54, 1.807) is 26.4 Å². The van der Waals surface area contributed by atoms with E-state index < -0.39 is 0 Å². The molecular formula is C21H28N2O4. The predicted octanol–water partition coefficient (Wildman–Crippen LogP) is 2.57. The molecule has 2 aromatic carbocycles. The van der Waals surface area contributed by atoms with Crippen molar-refractivity contribution in [1.82, 2.24) is 10.2 Å². The zero-order valence-corrected chi connectivity index (χ0v) is 16.0. The quantitative estimate of drug-likeness (QED) is 0.743. The van der Waals surface area contributed by atoms with Crippen LogP contribution in [0, 0.1) is 0 Å². The molecule has 1 fully saturated rings. The molecule has 146 valence electrons. The summed E-state index contributed by atoms with van der Waals surface area (Å²) in [5.74, 6) is 1.76. The molecule has 0 aliphatic carbocycles. The Labute approximate surface area is 160 Å². The number of benzene rings is 2. The lowest BCUT2D eigenvalue weighted by atomic mass is 10.0. The van der Waals surface area contributed by atoms with E-state index in [4.69, 9.17) is 14.2 Å². The molecule has 1 heterocycles. The van der Waals surface area contributed by atoms with Crippen LogP contribution in [0.1, 0.15) is 17.2 Å². The summed E-state index contributed by atoms with van der Waals surface area (Å²) in [6.45, 7) is 4.76. The van der Waals surface area contributed by atoms with Crippen LogP contribution >= 0.6 is 0 Å². The van der Waals surface area contributed by atoms with Crippen molar-refractivity contribution < 1.29 is 19.3 Å². The smallest absolute Gasteiger partial charge is 0.161 e. The van der Waals surface area contributed by atoms with Crippen LogP contribution in [0.4, 0.5) is 0 Å². The zero-order valence-electron chi connectivity index (χ0n) is 16.0. The van der Waals surface area contributed by atoms with Gasteiger partial charge in [-0.1, -0.05) is 18.2 Å². The number of phenols is 1. The third-order valence-corrected chi connectivity index (χ3v) is 4.86. The molecule has 0 spiro atoms. The van der Waals surface area contributed by atoms with Crippen LogP contribution in [0.2, 0.25) is 0 Å². The summed E-state index contributed by atoms with van der Waals surface area (Å²) in [7, 11) is 3.30. The topological polar surface area (TPSA) is 63.2 Å². The van der Waals surface area contributed by atoms with Gasteiger partial charge in [-0.25, -0.2) is 0 Å². The van der Waals surface area contributed by atoms with Gasteiger partial charge in [-0.2, -0.15) is 0 Å². The van der Waals surface area contributed by atoms with Crippen LogP contribution in [0.3, 0.4) is 0 Å². The number of morpholine rings is 1. The highest BCUT2D eigenvalue weighted by molar-refractivity contribution is 5.44. The van der Waals surface area contributed by atoms with Gasteiger partial charge in [0.2, 0.25) is 0 Å². The third-order valence-electron chi connectivity index (χ3n) is 4.86. The fourth-order valence-electron chi connectivity index (χ4n) is 3.43. The van der Waals surface area contributed by atoms with Crippen molar-refractivity contribution in [1.29, 1.82) is 0 Å². The largest absolute Gasteiger partial charge is 0.508 e. The Balaban J connectivity index is 1.74. The van der Waals surface area contributed by atoms with Crippen molar-refractivity contribution in [3.8, 4) is 17.2 Å². The normalized spacial score (nSPS) is 16.1. The molecule has 1 atom stereocenters. The van der Waals surface area contributed by atoms with Crippen molar-refractivity contribution in [3.63, 3.8) is 0 Å². The van der Waals surface area contributed by atoms with E-state index in [0.29, 0.717) is 12.3 Å². The molecule has 3 rings (SSSR count). The van der Waals surface area contributed by atoms with Gasteiger partial charge >= 0.3 is 0 Å². The summed E-state index contributed by atoms with van der Waals surface area (Å²) in [5.41, 5.74) is 2.24. The molecule has 0 aromatic heterocycles. The minimum Gasteiger partial charge on any atom is -0.508 e. The Bertz CT molecular complexity index is 732. The minimum atomic E-state index is 0.200. The van der Waals surface area contributed by atoms with Crippen molar-refractivity contribution in [3.05, 3.63) is 53.6 Å². The molecule has 1 aliphatic rings. The molecule has 1 aliphatic heterocycles. The molecular weight excluding hydrogens is 344 g/mol. The number of ether oxygens (including phenoxy) is 3. The van der Waals surface area contributed by atoms with Gasteiger partial charge in [0.15, 0.2) is 11.5 Å². The SMILES string of the molecule is COc1ccc(C(CNCc2cccc(O)c2)N2CCOCC2)cc1OC. The van der Waals surface area contributed by atoms with E-state index in [1.807, 2.05) is 18.2 Å². The van der Waals surface area contributed by atoms with E-state index in [9.17, 15) is 5.11 Å². The fourth-order valence-corrected chi connectivity index (χ4v) is 3.43. The van der Waals surface area contributed by atoms with E-state index in [2.05, 4.69) is 22.3 Å². The fraction of sp³-hybridized carbons (Fsp3) is 0.429. The number of rotatable bonds is 8. The lowest BCUT2D eigenvalue weighted by Crippen LogP contribution is -2.42. The second-order valence-electron chi connectivity index (χ2n) is 6.58. The highest BCUT2D eigenvalue weighted by atomic mass is 16.5. The number of phenolic OH excluding ortho intramolecular Hbond substituents is 1. The lowest BCUT2D eigenvalue weighted by molar-refractivity contribution is 0.0160. The molecule has 27 heavy (non-hydrogen) atoms. The van der Waals surface area contributed by atoms with Crippen molar-refractivity contribution in [2.24, 2.45) is 0 Å². The average Bonchev–Trinajstić information content (AvgIpc) is 2.71. The van der Waals surface area contributed by atoms with Crippen LogP contribution < -0.4 is 14.8 Å². The Morgan fingerprint density at radius 3 is 2.56 bits per heavy atom. The molecule has 0 radical (unpaired) electrons. The monoisotopic (exact) mass is 372 g/mol. The van der Waals surface area contributed by atoms with Crippen LogP contribution in [-0.2, 0) is 11.3 Å². The summed E-state index contributed by atoms with van der Waals surface area (Å²) < 4.78 is 16.4. The lowest BCUT2D eigenvalue weighted by Gasteiger charge is -2.35. The Hall–Kier alpha value is -2.28. The standard InChI is InChI=1S/C21H28N2O4/c1-25-20-7-6-17(13-21(20)26-2)19(23-8-10-27-11-9-23)15-22-14-16-4-3-5-18(24)12-16/h3-7,12-13,19,22,24H,8-11,14-15H2,1-2H3. The van der Waals surface area contributed by atoms with Gasteiger partial charge in [-0.05, 0) is 35.4 Å². The molecule has 2 N–H and O–H groups in total. The predicted molar refractivity (Wildman–Crippen MR) is 104 cm³/mol. The number of aromatic hydroxyl groups is 1. The maximum absolute atomic E-state index is 9.63. The van der Waals surface area contributed by atoms with E-state index in [1.165, 1.54) is 5.56 Å². The second-order valence-corrected chi connectivity index (χ2v) is 6.58. The molecule has 2 aromatic rings. The maximum Gasteiger partial charge on any atom is 0.161 e. The van der Waals surface area contributed by atoms with Crippen LogP contribution in [0.5, 0.6) is 17.2 Å². The highest BCUT2D eigenvalue weighted by Gasteiger charge is 2.23. The summed E-state index contributed by atoms with van der Waals surface area (Å²) in [6, 6.07) is 13.6. The number of hydrogen-bond donors (Lipinski definition) is 2. The average molecular weight is 372 g/mol. The summed E-state index contributed by atoms with van der Waals surface area (Å²) in [6.07, 6.45) is 0. The number of nitrogens with zero attached hydrogens (tertiary/aromatic N) is 1. The van der Waals surface area contributed by atoms with Gasteiger partial charge in [-0.3, -0.25) is 4.90 Å². The Morgan fingerprint density at radius 2 is 1.85 bits per heavy atom. The summed E-state index contributed by atoms with van der Waals surface area (Å²) in [5, 5.41) is 13.2. The zero-order chi connectivity index (χ0) is 19.1. The molecule has 0 bridgehead atoms. The summed E-state index contributed by atoms with van der Waals surface area (Å²) in [4.78, 5) is 2.43. The molecule has 1 saturated heterocycles. The number of hydrogen-bond acceptors (Lipinski definition) is 6. The van der Waals surface area contributed by atoms with Crippen molar-refractivity contribution in [2.75, 3.05) is 47.1 Å². The van der Waals surface area contributed by atoms with Gasteiger partial charge in [0.05, 0.1) is 27.4 Å². The summed E-state index contributed by atoms with van der Waals surface area (Å²) >= 11 is 0. The van der Waals surface area contributed by atoms with Crippen LogP contribution in [0.15, 0.2) is 42.5 Å². The van der Waals surface area contributed by atoms with Gasteiger partial charge < -0.3 is 24.6 Å². The maximum atomic E-state index is 9.63. The van der Waals surface area contributed by atoms with Gasteiger partial charge in [-0.15, -0.1) is 0 Å². The van der Waals surface area contributed by atoms with Crippen LogP contribution in [-0.4, -0.2) is 57.1 Å². The van der Waals surface area contributed by atoms with Crippen LogP contribution in [0.25, 0.3) is 0 Å². The number of nitrogens with one attached hydrogen (secondary N) is 1. The molecule has 1 unspecified atom stereocenters. The minimum absolute atomic E-state index is 0.200. The Morgan fingerprint density at radius 1 is 1.07 bits per heavy atom. The second kappa shape index (κ2) is 9.60. The van der Waals surface area contributed by atoms with Crippen molar-refractivity contribution >= 4 is 0 Å². The molecule has 0 amide bonds.